The lowest BCUT2D eigenvalue weighted by Crippen LogP contribution is -2.55. The number of ether oxygens (including phenoxy) is 2. The van der Waals surface area contributed by atoms with Crippen LogP contribution in [0.2, 0.25) is 0 Å². The van der Waals surface area contributed by atoms with Gasteiger partial charge in [-0.1, -0.05) is 32.9 Å². The number of carbonyl (C=O) groups excluding carboxylic acids is 3. The molecule has 7 atom stereocenters. The van der Waals surface area contributed by atoms with Crippen LogP contribution in [-0.4, -0.2) is 125 Å². The number of aliphatic hydroxyl groups is 2. The Bertz CT molecular complexity index is 1230. The van der Waals surface area contributed by atoms with E-state index in [1.807, 2.05) is 32.9 Å². The quantitative estimate of drug-likeness (QED) is 0.437. The Hall–Kier alpha value is -3.08. The predicted octanol–water partition coefficient (Wildman–Crippen LogP) is 0.00248. The van der Waals surface area contributed by atoms with E-state index in [0.29, 0.717) is 44.8 Å². The SMILES string of the molecule is CC(C)(C)CC(=O)N1C[C@@H]2CN(CCO2)C(=O)[C@@H]2C[C@@H](CN2Cc2ccc(C#N)cc2)NC(=O)C[C@@H]2O[C@H](C1)[C@@H](O)[C@H]2O. The zero-order valence-corrected chi connectivity index (χ0v) is 25.1. The second kappa shape index (κ2) is 12.9. The maximum absolute atomic E-state index is 14.0. The molecule has 234 valence electrons. The third kappa shape index (κ3) is 7.53. The lowest BCUT2D eigenvalue weighted by Gasteiger charge is -2.39. The van der Waals surface area contributed by atoms with E-state index >= 15 is 0 Å². The van der Waals surface area contributed by atoms with Crippen LogP contribution in [-0.2, 0) is 30.4 Å². The number of morpholine rings is 1. The van der Waals surface area contributed by atoms with Gasteiger partial charge in [-0.05, 0) is 29.5 Å². The van der Waals surface area contributed by atoms with Crippen molar-refractivity contribution >= 4 is 17.7 Å². The highest BCUT2D eigenvalue weighted by molar-refractivity contribution is 5.83. The van der Waals surface area contributed by atoms with Gasteiger partial charge in [0.2, 0.25) is 17.7 Å². The molecule has 4 aliphatic rings. The van der Waals surface area contributed by atoms with Gasteiger partial charge in [-0.25, -0.2) is 0 Å². The zero-order valence-electron chi connectivity index (χ0n) is 25.1. The Labute approximate surface area is 252 Å². The zero-order chi connectivity index (χ0) is 30.9. The minimum absolute atomic E-state index is 0.0304. The third-order valence-electron chi connectivity index (χ3n) is 8.68. The fraction of sp³-hybridized carbons (Fsp3) is 0.677. The molecular weight excluding hydrogens is 554 g/mol. The molecule has 0 radical (unpaired) electrons. The van der Waals surface area contributed by atoms with Crippen LogP contribution in [0.15, 0.2) is 24.3 Å². The first-order valence-electron chi connectivity index (χ1n) is 15.1. The largest absolute Gasteiger partial charge is 0.388 e. The molecule has 0 saturated carbocycles. The standard InChI is InChI=1S/C31H43N5O7/c1-31(2,3)12-27(38)36-17-22-16-34(8-9-42-22)30(41)23-10-21(15-35(23)14-20-6-4-19(13-32)5-7-20)33-26(37)11-24-28(39)29(40)25(18-36)43-24/h4-7,21-25,28-29,39-40H,8-12,14-18H2,1-3H3,(H,33,37)/t21-,22-,23-,24-,25+,28-,29+/m0/s1. The van der Waals surface area contributed by atoms with E-state index in [4.69, 9.17) is 14.7 Å². The van der Waals surface area contributed by atoms with Crippen LogP contribution in [0.5, 0.6) is 0 Å². The summed E-state index contributed by atoms with van der Waals surface area (Å²) in [4.78, 5) is 46.0. The van der Waals surface area contributed by atoms with E-state index in [1.165, 1.54) is 0 Å². The number of amides is 3. The normalized spacial score (nSPS) is 32.4. The number of likely N-dealkylation sites (tertiary alicyclic amines) is 1. The molecular formula is C31H43N5O7. The summed E-state index contributed by atoms with van der Waals surface area (Å²) in [6.45, 7) is 8.10. The summed E-state index contributed by atoms with van der Waals surface area (Å²) < 4.78 is 12.0. The minimum atomic E-state index is -1.28. The average molecular weight is 598 g/mol. The number of nitrogens with zero attached hydrogens (tertiary/aromatic N) is 4. The highest BCUT2D eigenvalue weighted by Gasteiger charge is 2.46. The molecule has 1 aromatic rings. The summed E-state index contributed by atoms with van der Waals surface area (Å²) in [5, 5.41) is 33.8. The number of carbonyl (C=O) groups is 3. The van der Waals surface area contributed by atoms with Crippen LogP contribution in [0.25, 0.3) is 0 Å². The summed E-state index contributed by atoms with van der Waals surface area (Å²) in [6, 6.07) is 8.58. The Balaban J connectivity index is 1.41. The minimum Gasteiger partial charge on any atom is -0.388 e. The van der Waals surface area contributed by atoms with Gasteiger partial charge in [0, 0.05) is 51.7 Å². The molecule has 0 aliphatic carbocycles. The summed E-state index contributed by atoms with van der Waals surface area (Å²) >= 11 is 0. The maximum Gasteiger partial charge on any atom is 0.240 e. The summed E-state index contributed by atoms with van der Waals surface area (Å²) in [7, 11) is 0. The highest BCUT2D eigenvalue weighted by atomic mass is 16.5. The van der Waals surface area contributed by atoms with Gasteiger partial charge in [0.05, 0.1) is 42.9 Å². The molecule has 0 aromatic heterocycles. The molecule has 0 unspecified atom stereocenters. The van der Waals surface area contributed by atoms with Crippen molar-refractivity contribution in [2.75, 3.05) is 39.3 Å². The van der Waals surface area contributed by atoms with Crippen LogP contribution in [0.3, 0.4) is 0 Å². The number of aliphatic hydroxyl groups excluding tert-OH is 2. The molecule has 4 saturated heterocycles. The molecule has 3 N–H and O–H groups in total. The van der Waals surface area contributed by atoms with E-state index in [9.17, 15) is 24.6 Å². The number of hydrogen-bond donors (Lipinski definition) is 3. The molecule has 12 heteroatoms. The fourth-order valence-electron chi connectivity index (χ4n) is 6.52. The number of benzene rings is 1. The third-order valence-corrected chi connectivity index (χ3v) is 8.68. The first-order valence-corrected chi connectivity index (χ1v) is 15.1. The van der Waals surface area contributed by atoms with Gasteiger partial charge in [0.25, 0.3) is 0 Å². The van der Waals surface area contributed by atoms with Crippen LogP contribution < -0.4 is 5.32 Å². The summed E-state index contributed by atoms with van der Waals surface area (Å²) in [5.74, 6) is -0.528. The van der Waals surface area contributed by atoms with E-state index in [1.54, 1.807) is 21.9 Å². The smallest absolute Gasteiger partial charge is 0.240 e. The number of rotatable bonds is 3. The molecule has 12 nitrogen and oxygen atoms in total. The van der Waals surface area contributed by atoms with Gasteiger partial charge >= 0.3 is 0 Å². The van der Waals surface area contributed by atoms with Crippen LogP contribution >= 0.6 is 0 Å². The van der Waals surface area contributed by atoms with E-state index in [2.05, 4.69) is 16.3 Å². The molecule has 0 spiro atoms. The van der Waals surface area contributed by atoms with Crippen molar-refractivity contribution in [3.63, 3.8) is 0 Å². The van der Waals surface area contributed by atoms with Crippen molar-refractivity contribution in [1.29, 1.82) is 5.26 Å². The molecule has 5 rings (SSSR count). The van der Waals surface area contributed by atoms with Crippen molar-refractivity contribution in [1.82, 2.24) is 20.0 Å². The maximum atomic E-state index is 14.0. The van der Waals surface area contributed by atoms with E-state index in [0.717, 1.165) is 5.56 Å². The lowest BCUT2D eigenvalue weighted by molar-refractivity contribution is -0.148. The first kappa shape index (κ1) is 31.3. The van der Waals surface area contributed by atoms with Crippen LogP contribution in [0.4, 0.5) is 0 Å². The average Bonchev–Trinajstić information content (AvgIpc) is 3.46. The van der Waals surface area contributed by atoms with Crippen molar-refractivity contribution in [3.05, 3.63) is 35.4 Å². The predicted molar refractivity (Wildman–Crippen MR) is 154 cm³/mol. The summed E-state index contributed by atoms with van der Waals surface area (Å²) in [6.07, 6.45) is -4.26. The molecule has 6 bridgehead atoms. The highest BCUT2D eigenvalue weighted by Crippen LogP contribution is 2.29. The molecule has 1 aromatic carbocycles. The van der Waals surface area contributed by atoms with Crippen molar-refractivity contribution in [2.45, 2.75) is 89.2 Å². The molecule has 4 fully saturated rings. The second-order valence-corrected chi connectivity index (χ2v) is 13.5. The van der Waals surface area contributed by atoms with Gasteiger partial charge < -0.3 is 34.8 Å². The fourth-order valence-corrected chi connectivity index (χ4v) is 6.52. The van der Waals surface area contributed by atoms with Crippen LogP contribution in [0.1, 0.15) is 51.2 Å². The van der Waals surface area contributed by atoms with Gasteiger partial charge in [0.1, 0.15) is 18.3 Å². The Kier molecular flexibility index (Phi) is 9.39. The van der Waals surface area contributed by atoms with Crippen LogP contribution in [0, 0.1) is 16.7 Å². The Morgan fingerprint density at radius 1 is 1.07 bits per heavy atom. The van der Waals surface area contributed by atoms with Gasteiger partial charge in [-0.2, -0.15) is 5.26 Å². The van der Waals surface area contributed by atoms with Crippen molar-refractivity contribution < 1.29 is 34.1 Å². The summed E-state index contributed by atoms with van der Waals surface area (Å²) in [5.41, 5.74) is 1.22. The van der Waals surface area contributed by atoms with E-state index < -0.39 is 36.6 Å². The van der Waals surface area contributed by atoms with Crippen molar-refractivity contribution in [3.8, 4) is 6.07 Å². The lowest BCUT2D eigenvalue weighted by atomic mass is 9.91. The van der Waals surface area contributed by atoms with Gasteiger partial charge in [-0.15, -0.1) is 0 Å². The van der Waals surface area contributed by atoms with Gasteiger partial charge in [0.15, 0.2) is 0 Å². The molecule has 4 heterocycles. The number of nitrogens with one attached hydrogen (secondary N) is 1. The van der Waals surface area contributed by atoms with Crippen molar-refractivity contribution in [2.24, 2.45) is 5.41 Å². The monoisotopic (exact) mass is 597 g/mol. The number of nitriles is 1. The Morgan fingerprint density at radius 2 is 1.79 bits per heavy atom. The molecule has 3 amide bonds. The Morgan fingerprint density at radius 3 is 2.49 bits per heavy atom. The number of hydrogen-bond acceptors (Lipinski definition) is 9. The second-order valence-electron chi connectivity index (χ2n) is 13.5. The van der Waals surface area contributed by atoms with E-state index in [-0.39, 0.29) is 55.1 Å². The first-order chi connectivity index (χ1) is 20.4. The molecule has 43 heavy (non-hydrogen) atoms. The number of fused-ring (bicyclic) bond motifs is 6. The van der Waals surface area contributed by atoms with Gasteiger partial charge in [-0.3, -0.25) is 19.3 Å². The topological polar surface area (TPSA) is 156 Å². The molecule has 4 aliphatic heterocycles.